The van der Waals surface area contributed by atoms with Crippen LogP contribution in [0.1, 0.15) is 17.5 Å². The van der Waals surface area contributed by atoms with E-state index in [1.165, 1.54) is 11.8 Å². The van der Waals surface area contributed by atoms with Crippen LogP contribution in [0.4, 0.5) is 5.69 Å². The summed E-state index contributed by atoms with van der Waals surface area (Å²) in [5.74, 6) is 0. The van der Waals surface area contributed by atoms with Crippen LogP contribution in [0, 0.1) is 0 Å². The summed E-state index contributed by atoms with van der Waals surface area (Å²) < 4.78 is 0. The SMILES string of the molecule is CN1CCCc2cc(/C=N\O)cc(Cl)c21. The van der Waals surface area contributed by atoms with E-state index >= 15 is 0 Å². The van der Waals surface area contributed by atoms with E-state index in [2.05, 4.69) is 10.1 Å². The lowest BCUT2D eigenvalue weighted by atomic mass is 10.00. The lowest BCUT2D eigenvalue weighted by Crippen LogP contribution is -2.25. The van der Waals surface area contributed by atoms with Gasteiger partial charge in [0.15, 0.2) is 0 Å². The van der Waals surface area contributed by atoms with E-state index in [1.807, 2.05) is 19.2 Å². The summed E-state index contributed by atoms with van der Waals surface area (Å²) in [4.78, 5) is 2.17. The number of nitrogens with zero attached hydrogens (tertiary/aromatic N) is 2. The molecule has 1 aliphatic rings. The first-order valence-corrected chi connectivity index (χ1v) is 5.31. The number of benzene rings is 1. The molecule has 15 heavy (non-hydrogen) atoms. The van der Waals surface area contributed by atoms with Gasteiger partial charge in [0.25, 0.3) is 0 Å². The Balaban J connectivity index is 2.50. The second-order valence-electron chi connectivity index (χ2n) is 3.78. The summed E-state index contributed by atoms with van der Waals surface area (Å²) in [5.41, 5.74) is 3.18. The number of hydrogen-bond acceptors (Lipinski definition) is 3. The fourth-order valence-electron chi connectivity index (χ4n) is 2.06. The van der Waals surface area contributed by atoms with Crippen molar-refractivity contribution < 1.29 is 5.21 Å². The molecule has 3 nitrogen and oxygen atoms in total. The van der Waals surface area contributed by atoms with Crippen molar-refractivity contribution in [3.63, 3.8) is 0 Å². The van der Waals surface area contributed by atoms with Crippen LogP contribution in [0.5, 0.6) is 0 Å². The highest BCUT2D eigenvalue weighted by molar-refractivity contribution is 6.33. The van der Waals surface area contributed by atoms with Gasteiger partial charge in [-0.2, -0.15) is 0 Å². The molecule has 0 atom stereocenters. The minimum atomic E-state index is 0.726. The molecule has 0 bridgehead atoms. The van der Waals surface area contributed by atoms with Gasteiger partial charge in [0.2, 0.25) is 0 Å². The van der Waals surface area contributed by atoms with Gasteiger partial charge in [-0.1, -0.05) is 16.8 Å². The van der Waals surface area contributed by atoms with Gasteiger partial charge in [-0.3, -0.25) is 0 Å². The van der Waals surface area contributed by atoms with Crippen LogP contribution in [0.3, 0.4) is 0 Å². The highest BCUT2D eigenvalue weighted by Crippen LogP contribution is 2.34. The highest BCUT2D eigenvalue weighted by Gasteiger charge is 2.17. The topological polar surface area (TPSA) is 35.8 Å². The Labute approximate surface area is 94.0 Å². The lowest BCUT2D eigenvalue weighted by Gasteiger charge is -2.28. The van der Waals surface area contributed by atoms with E-state index < -0.39 is 0 Å². The van der Waals surface area contributed by atoms with Gasteiger partial charge in [-0.05, 0) is 36.1 Å². The predicted molar refractivity (Wildman–Crippen MR) is 62.4 cm³/mol. The van der Waals surface area contributed by atoms with Gasteiger partial charge < -0.3 is 10.1 Å². The fraction of sp³-hybridized carbons (Fsp3) is 0.364. The maximum absolute atomic E-state index is 8.48. The van der Waals surface area contributed by atoms with Gasteiger partial charge in [0.05, 0.1) is 16.9 Å². The Bertz CT molecular complexity index is 404. The first kappa shape index (κ1) is 10.3. The molecule has 0 aromatic heterocycles. The smallest absolute Gasteiger partial charge is 0.0734 e. The van der Waals surface area contributed by atoms with E-state index in [0.717, 1.165) is 35.7 Å². The van der Waals surface area contributed by atoms with Crippen LogP contribution in [0.15, 0.2) is 17.3 Å². The molecule has 0 radical (unpaired) electrons. The third-order valence-electron chi connectivity index (χ3n) is 2.69. The second-order valence-corrected chi connectivity index (χ2v) is 4.19. The van der Waals surface area contributed by atoms with Gasteiger partial charge in [0.1, 0.15) is 0 Å². The zero-order chi connectivity index (χ0) is 10.8. The summed E-state index contributed by atoms with van der Waals surface area (Å²) in [6.45, 7) is 1.04. The normalized spacial score (nSPS) is 15.7. The molecule has 2 rings (SSSR count). The lowest BCUT2D eigenvalue weighted by molar-refractivity contribution is 0.322. The van der Waals surface area contributed by atoms with Crippen LogP contribution in [-0.4, -0.2) is 25.0 Å². The monoisotopic (exact) mass is 224 g/mol. The number of fused-ring (bicyclic) bond motifs is 1. The highest BCUT2D eigenvalue weighted by atomic mass is 35.5. The van der Waals surface area contributed by atoms with Crippen molar-refractivity contribution in [1.29, 1.82) is 0 Å². The van der Waals surface area contributed by atoms with Crippen molar-refractivity contribution in [1.82, 2.24) is 0 Å². The third kappa shape index (κ3) is 1.92. The standard InChI is InChI=1S/C11H13ClN2O/c1-14-4-2-3-9-5-8(7-13-15)6-10(12)11(9)14/h5-7,15H,2-4H2,1H3/b13-7-. The second kappa shape index (κ2) is 4.11. The number of anilines is 1. The molecule has 1 heterocycles. The van der Waals surface area contributed by atoms with Gasteiger partial charge >= 0.3 is 0 Å². The molecule has 0 fully saturated rings. The summed E-state index contributed by atoms with van der Waals surface area (Å²) in [6, 6.07) is 3.85. The Morgan fingerprint density at radius 3 is 3.07 bits per heavy atom. The molecule has 0 amide bonds. The van der Waals surface area contributed by atoms with E-state index in [9.17, 15) is 0 Å². The number of oxime groups is 1. The number of halogens is 1. The predicted octanol–water partition coefficient (Wildman–Crippen LogP) is 2.53. The Morgan fingerprint density at radius 2 is 2.33 bits per heavy atom. The van der Waals surface area contributed by atoms with Gasteiger partial charge in [-0.15, -0.1) is 0 Å². The third-order valence-corrected chi connectivity index (χ3v) is 2.98. The Hall–Kier alpha value is -1.22. The summed E-state index contributed by atoms with van der Waals surface area (Å²) in [7, 11) is 2.05. The van der Waals surface area contributed by atoms with Crippen LogP contribution < -0.4 is 4.90 Å². The van der Waals surface area contributed by atoms with Crippen LogP contribution in [0.2, 0.25) is 5.02 Å². The number of rotatable bonds is 1. The van der Waals surface area contributed by atoms with Gasteiger partial charge in [-0.25, -0.2) is 0 Å². The molecule has 0 unspecified atom stereocenters. The van der Waals surface area contributed by atoms with Gasteiger partial charge in [0, 0.05) is 13.6 Å². The molecule has 0 spiro atoms. The fourth-order valence-corrected chi connectivity index (χ4v) is 2.45. The Kier molecular flexibility index (Phi) is 2.82. The van der Waals surface area contributed by atoms with E-state index in [1.54, 1.807) is 0 Å². The molecule has 1 aromatic rings. The van der Waals surface area contributed by atoms with E-state index in [-0.39, 0.29) is 0 Å². The molecular formula is C11H13ClN2O. The Morgan fingerprint density at radius 1 is 1.53 bits per heavy atom. The molecular weight excluding hydrogens is 212 g/mol. The van der Waals surface area contributed by atoms with E-state index in [4.69, 9.17) is 16.8 Å². The maximum Gasteiger partial charge on any atom is 0.0734 e. The first-order chi connectivity index (χ1) is 7.22. The zero-order valence-corrected chi connectivity index (χ0v) is 9.33. The maximum atomic E-state index is 8.48. The van der Waals surface area contributed by atoms with Crippen molar-refractivity contribution in [3.05, 3.63) is 28.3 Å². The molecule has 0 aliphatic carbocycles. The molecule has 1 aromatic carbocycles. The molecule has 4 heteroatoms. The summed E-state index contributed by atoms with van der Waals surface area (Å²) in [5, 5.41) is 12.2. The minimum Gasteiger partial charge on any atom is -0.411 e. The van der Waals surface area contributed by atoms with Crippen molar-refractivity contribution >= 4 is 23.5 Å². The van der Waals surface area contributed by atoms with Crippen LogP contribution in [0.25, 0.3) is 0 Å². The number of hydrogen-bond donors (Lipinski definition) is 1. The molecule has 0 saturated carbocycles. The molecule has 80 valence electrons. The summed E-state index contributed by atoms with van der Waals surface area (Å²) in [6.07, 6.45) is 3.58. The average Bonchev–Trinajstić information content (AvgIpc) is 2.17. The quantitative estimate of drug-likeness (QED) is 0.452. The molecule has 0 saturated heterocycles. The van der Waals surface area contributed by atoms with E-state index in [0.29, 0.717) is 0 Å². The minimum absolute atomic E-state index is 0.726. The van der Waals surface area contributed by atoms with Crippen molar-refractivity contribution in [2.75, 3.05) is 18.5 Å². The van der Waals surface area contributed by atoms with Crippen LogP contribution in [-0.2, 0) is 6.42 Å². The first-order valence-electron chi connectivity index (χ1n) is 4.93. The van der Waals surface area contributed by atoms with Crippen molar-refractivity contribution in [3.8, 4) is 0 Å². The largest absolute Gasteiger partial charge is 0.411 e. The number of aryl methyl sites for hydroxylation is 1. The van der Waals surface area contributed by atoms with Crippen LogP contribution >= 0.6 is 11.6 Å². The molecule has 1 aliphatic heterocycles. The zero-order valence-electron chi connectivity index (χ0n) is 8.57. The molecule has 1 N–H and O–H groups in total. The average molecular weight is 225 g/mol. The van der Waals surface area contributed by atoms with Crippen molar-refractivity contribution in [2.45, 2.75) is 12.8 Å². The van der Waals surface area contributed by atoms with Crippen molar-refractivity contribution in [2.24, 2.45) is 5.16 Å². The summed E-state index contributed by atoms with van der Waals surface area (Å²) >= 11 is 6.19.